The first-order chi connectivity index (χ1) is 22.1. The molecule has 46 heavy (non-hydrogen) atoms. The maximum absolute atomic E-state index is 14.0. The minimum atomic E-state index is -1.86. The quantitative estimate of drug-likeness (QED) is 0.147. The number of carbonyl (C=O) groups is 2. The predicted octanol–water partition coefficient (Wildman–Crippen LogP) is 5.34. The lowest BCUT2D eigenvalue weighted by Crippen LogP contribution is -2.57. The first-order valence-electron chi connectivity index (χ1n) is 14.3. The van der Waals surface area contributed by atoms with Crippen LogP contribution < -0.4 is 10.6 Å². The largest absolute Gasteiger partial charge is 0.445 e. The molecule has 4 N–H and O–H groups in total. The molecule has 0 aromatic heterocycles. The first kappa shape index (κ1) is 33.9. The molecule has 0 aliphatic heterocycles. The Morgan fingerprint density at radius 2 is 0.913 bits per heavy atom. The van der Waals surface area contributed by atoms with E-state index in [0.717, 1.165) is 24.3 Å². The predicted molar refractivity (Wildman–Crippen MR) is 159 cm³/mol. The van der Waals surface area contributed by atoms with Gasteiger partial charge in [0, 0.05) is 0 Å². The molecule has 0 aliphatic rings. The number of rotatable bonds is 13. The molecule has 0 bridgehead atoms. The number of hydrogen-bond acceptors (Lipinski definition) is 6. The van der Waals surface area contributed by atoms with E-state index >= 15 is 0 Å². The zero-order valence-corrected chi connectivity index (χ0v) is 24.4. The SMILES string of the molecule is O=C(N[C@H](Cc1ccc(F)c(F)c1)[C@H](O)[C@@H](O)[C@@H](Cc1ccc(F)c(F)c1)NC(=O)OCc1ccccc1)OCc1ccccc1. The van der Waals surface area contributed by atoms with Gasteiger partial charge in [0.2, 0.25) is 0 Å². The van der Waals surface area contributed by atoms with Crippen LogP contribution in [0.3, 0.4) is 0 Å². The van der Waals surface area contributed by atoms with Gasteiger partial charge in [0.15, 0.2) is 23.3 Å². The highest BCUT2D eigenvalue weighted by atomic mass is 19.2. The molecule has 8 nitrogen and oxygen atoms in total. The van der Waals surface area contributed by atoms with E-state index in [1.807, 2.05) is 0 Å². The standard InChI is InChI=1S/C34H32F4N2O6/c35-25-13-11-23(15-27(25)37)17-29(39-33(43)45-19-21-7-3-1-4-8-21)31(41)32(42)30(18-24-12-14-26(36)28(38)16-24)40-34(44)46-20-22-9-5-2-6-10-22/h1-16,29-32,41-42H,17-20H2,(H,39,43)(H,40,44)/t29-,30-,31+,32+/m1/s1. The summed E-state index contributed by atoms with van der Waals surface area (Å²) in [5, 5.41) is 27.6. The van der Waals surface area contributed by atoms with Crippen LogP contribution in [0.15, 0.2) is 97.1 Å². The van der Waals surface area contributed by atoms with Crippen LogP contribution in [-0.4, -0.2) is 46.7 Å². The van der Waals surface area contributed by atoms with Gasteiger partial charge < -0.3 is 30.3 Å². The minimum absolute atomic E-state index is 0.128. The molecular formula is C34H32F4N2O6. The Hall–Kier alpha value is -4.94. The number of carbonyl (C=O) groups excluding carboxylic acids is 2. The van der Waals surface area contributed by atoms with Gasteiger partial charge in [-0.15, -0.1) is 0 Å². The average Bonchev–Trinajstić information content (AvgIpc) is 3.06. The van der Waals surface area contributed by atoms with Crippen molar-refractivity contribution in [2.75, 3.05) is 0 Å². The van der Waals surface area contributed by atoms with Gasteiger partial charge in [0.1, 0.15) is 25.4 Å². The van der Waals surface area contributed by atoms with Crippen LogP contribution in [0, 0.1) is 23.3 Å². The summed E-state index contributed by atoms with van der Waals surface area (Å²) in [6.07, 6.45) is -6.30. The molecule has 4 atom stereocenters. The fourth-order valence-electron chi connectivity index (χ4n) is 4.66. The van der Waals surface area contributed by atoms with E-state index in [0.29, 0.717) is 11.1 Å². The van der Waals surface area contributed by atoms with Crippen LogP contribution in [-0.2, 0) is 35.5 Å². The summed E-state index contributed by atoms with van der Waals surface area (Å²) < 4.78 is 65.7. The highest BCUT2D eigenvalue weighted by molar-refractivity contribution is 5.68. The molecule has 4 rings (SSSR count). The monoisotopic (exact) mass is 640 g/mol. The summed E-state index contributed by atoms with van der Waals surface area (Å²) in [5.74, 6) is -4.56. The van der Waals surface area contributed by atoms with Crippen molar-refractivity contribution in [3.63, 3.8) is 0 Å². The van der Waals surface area contributed by atoms with Gasteiger partial charge in [-0.1, -0.05) is 72.8 Å². The highest BCUT2D eigenvalue weighted by Gasteiger charge is 2.35. The Kier molecular flexibility index (Phi) is 12.1. The molecule has 2 amide bonds. The van der Waals surface area contributed by atoms with Crippen LogP contribution in [0.1, 0.15) is 22.3 Å². The number of hydrogen-bond donors (Lipinski definition) is 4. The van der Waals surface area contributed by atoms with E-state index in [1.54, 1.807) is 60.7 Å². The van der Waals surface area contributed by atoms with Gasteiger partial charge in [-0.3, -0.25) is 0 Å². The molecule has 0 unspecified atom stereocenters. The number of benzene rings is 4. The second-order valence-electron chi connectivity index (χ2n) is 10.5. The van der Waals surface area contributed by atoms with Gasteiger partial charge in [-0.05, 0) is 59.4 Å². The molecule has 4 aromatic rings. The van der Waals surface area contributed by atoms with Crippen molar-refractivity contribution in [3.8, 4) is 0 Å². The Bertz CT molecular complexity index is 1480. The number of ether oxygens (including phenoxy) is 2. The Balaban J connectivity index is 1.55. The van der Waals surface area contributed by atoms with Gasteiger partial charge in [0.25, 0.3) is 0 Å². The van der Waals surface area contributed by atoms with Crippen LogP contribution in [0.2, 0.25) is 0 Å². The Labute approximate surface area is 262 Å². The topological polar surface area (TPSA) is 117 Å². The van der Waals surface area contributed by atoms with Crippen LogP contribution in [0.25, 0.3) is 0 Å². The smallest absolute Gasteiger partial charge is 0.407 e. The van der Waals surface area contributed by atoms with E-state index in [-0.39, 0.29) is 37.2 Å². The summed E-state index contributed by atoms with van der Waals surface area (Å²) in [6.45, 7) is -0.256. The van der Waals surface area contributed by atoms with Crippen molar-refractivity contribution in [1.82, 2.24) is 10.6 Å². The molecule has 4 aromatic carbocycles. The van der Waals surface area contributed by atoms with Crippen LogP contribution >= 0.6 is 0 Å². The second kappa shape index (κ2) is 16.4. The molecule has 0 saturated heterocycles. The second-order valence-corrected chi connectivity index (χ2v) is 10.5. The summed E-state index contributed by atoms with van der Waals surface area (Å²) in [4.78, 5) is 25.5. The maximum atomic E-state index is 14.0. The van der Waals surface area contributed by atoms with Crippen LogP contribution in [0.5, 0.6) is 0 Å². The van der Waals surface area contributed by atoms with Crippen molar-refractivity contribution in [2.45, 2.75) is 50.3 Å². The zero-order chi connectivity index (χ0) is 33.1. The molecule has 0 saturated carbocycles. The fraction of sp³-hybridized carbons (Fsp3) is 0.235. The third kappa shape index (κ3) is 10.0. The summed E-state index contributed by atoms with van der Waals surface area (Å²) in [6, 6.07) is 20.6. The minimum Gasteiger partial charge on any atom is -0.445 e. The third-order valence-electron chi connectivity index (χ3n) is 7.09. The lowest BCUT2D eigenvalue weighted by molar-refractivity contribution is -0.0240. The van der Waals surface area contributed by atoms with Crippen molar-refractivity contribution in [2.24, 2.45) is 0 Å². The number of amides is 2. The van der Waals surface area contributed by atoms with Gasteiger partial charge >= 0.3 is 12.2 Å². The third-order valence-corrected chi connectivity index (χ3v) is 7.09. The molecule has 0 radical (unpaired) electrons. The molecule has 0 heterocycles. The fourth-order valence-corrected chi connectivity index (χ4v) is 4.66. The van der Waals surface area contributed by atoms with Gasteiger partial charge in [0.05, 0.1) is 12.1 Å². The lowest BCUT2D eigenvalue weighted by atomic mass is 9.91. The van der Waals surface area contributed by atoms with Gasteiger partial charge in [-0.25, -0.2) is 27.2 Å². The number of aliphatic hydroxyl groups excluding tert-OH is 2. The Morgan fingerprint density at radius 3 is 1.26 bits per heavy atom. The van der Waals surface area contributed by atoms with Gasteiger partial charge in [-0.2, -0.15) is 0 Å². The van der Waals surface area contributed by atoms with E-state index in [9.17, 15) is 37.4 Å². The number of alkyl carbamates (subject to hydrolysis) is 2. The molecule has 242 valence electrons. The molecule has 0 fully saturated rings. The average molecular weight is 641 g/mol. The van der Waals surface area contributed by atoms with E-state index in [4.69, 9.17) is 9.47 Å². The molecule has 12 heteroatoms. The Morgan fingerprint density at radius 1 is 0.543 bits per heavy atom. The summed E-state index contributed by atoms with van der Waals surface area (Å²) >= 11 is 0. The van der Waals surface area contributed by atoms with Crippen molar-refractivity contribution in [1.29, 1.82) is 0 Å². The highest BCUT2D eigenvalue weighted by Crippen LogP contribution is 2.18. The zero-order valence-electron chi connectivity index (χ0n) is 24.4. The normalized spacial score (nSPS) is 13.6. The van der Waals surface area contributed by atoms with Crippen LogP contribution in [0.4, 0.5) is 27.2 Å². The summed E-state index contributed by atoms with van der Waals surface area (Å²) in [5.41, 5.74) is 1.65. The molecular weight excluding hydrogens is 608 g/mol. The van der Waals surface area contributed by atoms with Crippen molar-refractivity contribution < 1.29 is 46.8 Å². The van der Waals surface area contributed by atoms with E-state index in [1.165, 1.54) is 12.1 Å². The summed E-state index contributed by atoms with van der Waals surface area (Å²) in [7, 11) is 0. The molecule has 0 spiro atoms. The van der Waals surface area contributed by atoms with Crippen molar-refractivity contribution >= 4 is 12.2 Å². The first-order valence-corrected chi connectivity index (χ1v) is 14.3. The van der Waals surface area contributed by atoms with E-state index < -0.39 is 59.7 Å². The van der Waals surface area contributed by atoms with E-state index in [2.05, 4.69) is 10.6 Å². The molecule has 0 aliphatic carbocycles. The lowest BCUT2D eigenvalue weighted by Gasteiger charge is -2.32. The number of nitrogens with one attached hydrogen (secondary N) is 2. The maximum Gasteiger partial charge on any atom is 0.407 e. The number of aliphatic hydroxyl groups is 2. The van der Waals surface area contributed by atoms with Crippen molar-refractivity contribution in [3.05, 3.63) is 143 Å². The number of halogens is 4.